The molecular formula is C23H42O4Sn. The van der Waals surface area contributed by atoms with Gasteiger partial charge in [0.2, 0.25) is 0 Å². The fraction of sp³-hybridized carbons (Fsp3) is 0.739. The molecule has 4 nitrogen and oxygen atoms in total. The summed E-state index contributed by atoms with van der Waals surface area (Å²) in [5.74, 6) is -0.953. The third-order valence-electron chi connectivity index (χ3n) is 5.20. The number of hydrogen-bond acceptors (Lipinski definition) is 4. The van der Waals surface area contributed by atoms with Gasteiger partial charge in [-0.25, -0.2) is 0 Å². The Hall–Kier alpha value is -0.781. The maximum absolute atomic E-state index is 12.5. The van der Waals surface area contributed by atoms with Crippen LogP contribution in [-0.2, 0) is 19.1 Å². The number of esters is 2. The van der Waals surface area contributed by atoms with Gasteiger partial charge in [-0.1, -0.05) is 0 Å². The Kier molecular flexibility index (Phi) is 15.6. The molecule has 0 atom stereocenters. The van der Waals surface area contributed by atoms with E-state index in [0.29, 0.717) is 5.57 Å². The SMILES string of the molecule is C=C([CH2][Sn]([CH2]CCC)([CH2]CCC)[CH2]CCC)/C(=C/C(=O)OCC)C(=O)OCC. The number of carbonyl (C=O) groups excluding carboxylic acids is 2. The fourth-order valence-electron chi connectivity index (χ4n) is 3.66. The molecule has 0 radical (unpaired) electrons. The summed E-state index contributed by atoms with van der Waals surface area (Å²) >= 11 is -2.52. The Bertz CT molecular complexity index is 489. The van der Waals surface area contributed by atoms with Crippen molar-refractivity contribution in [1.82, 2.24) is 0 Å². The topological polar surface area (TPSA) is 52.6 Å². The number of unbranched alkanes of at least 4 members (excludes halogenated alkanes) is 3. The summed E-state index contributed by atoms with van der Waals surface area (Å²) in [7, 11) is 0. The molecule has 162 valence electrons. The first-order valence-corrected chi connectivity index (χ1v) is 19.2. The van der Waals surface area contributed by atoms with Crippen LogP contribution in [0.25, 0.3) is 0 Å². The molecule has 0 aliphatic heterocycles. The second-order valence-electron chi connectivity index (χ2n) is 7.62. The molecule has 0 fully saturated rings. The Balaban J connectivity index is 5.71. The monoisotopic (exact) mass is 502 g/mol. The average molecular weight is 501 g/mol. The Morgan fingerprint density at radius 2 is 1.29 bits per heavy atom. The van der Waals surface area contributed by atoms with Crippen molar-refractivity contribution in [2.75, 3.05) is 13.2 Å². The van der Waals surface area contributed by atoms with E-state index >= 15 is 0 Å². The van der Waals surface area contributed by atoms with Crippen molar-refractivity contribution in [3.63, 3.8) is 0 Å². The van der Waals surface area contributed by atoms with Crippen LogP contribution in [0.3, 0.4) is 0 Å². The molecule has 28 heavy (non-hydrogen) atoms. The second-order valence-corrected chi connectivity index (χ2v) is 21.5. The van der Waals surface area contributed by atoms with Crippen LogP contribution in [0, 0.1) is 0 Å². The third kappa shape index (κ3) is 10.7. The van der Waals surface area contributed by atoms with Crippen molar-refractivity contribution in [2.24, 2.45) is 0 Å². The van der Waals surface area contributed by atoms with Crippen LogP contribution in [0.2, 0.25) is 17.7 Å². The summed E-state index contributed by atoms with van der Waals surface area (Å²) in [5, 5.41) is 0. The zero-order valence-electron chi connectivity index (χ0n) is 18.9. The van der Waals surface area contributed by atoms with Crippen LogP contribution in [0.4, 0.5) is 0 Å². The summed E-state index contributed by atoms with van der Waals surface area (Å²) < 4.78 is 15.2. The van der Waals surface area contributed by atoms with Gasteiger partial charge in [-0.05, 0) is 0 Å². The van der Waals surface area contributed by atoms with Crippen molar-refractivity contribution < 1.29 is 19.1 Å². The quantitative estimate of drug-likeness (QED) is 0.106. The zero-order chi connectivity index (χ0) is 21.4. The van der Waals surface area contributed by atoms with Gasteiger partial charge in [0.25, 0.3) is 0 Å². The zero-order valence-corrected chi connectivity index (χ0v) is 21.8. The van der Waals surface area contributed by atoms with Crippen LogP contribution < -0.4 is 0 Å². The van der Waals surface area contributed by atoms with Gasteiger partial charge in [0.15, 0.2) is 0 Å². The predicted octanol–water partition coefficient (Wildman–Crippen LogP) is 6.44. The normalized spacial score (nSPS) is 12.0. The summed E-state index contributed by atoms with van der Waals surface area (Å²) in [4.78, 5) is 24.5. The minimum absolute atomic E-state index is 0.280. The van der Waals surface area contributed by atoms with Crippen LogP contribution >= 0.6 is 0 Å². The summed E-state index contributed by atoms with van der Waals surface area (Å²) in [6.45, 7) is 15.1. The van der Waals surface area contributed by atoms with Crippen LogP contribution in [0.5, 0.6) is 0 Å². The number of ether oxygens (including phenoxy) is 2. The van der Waals surface area contributed by atoms with Gasteiger partial charge in [0.1, 0.15) is 0 Å². The van der Waals surface area contributed by atoms with E-state index in [0.717, 1.165) is 10.0 Å². The predicted molar refractivity (Wildman–Crippen MR) is 120 cm³/mol. The van der Waals surface area contributed by atoms with Gasteiger partial charge >= 0.3 is 177 Å². The van der Waals surface area contributed by atoms with Gasteiger partial charge in [0, 0.05) is 0 Å². The minimum atomic E-state index is -2.52. The van der Waals surface area contributed by atoms with E-state index in [1.165, 1.54) is 57.9 Å². The molecule has 0 aliphatic rings. The van der Waals surface area contributed by atoms with E-state index in [4.69, 9.17) is 9.47 Å². The van der Waals surface area contributed by atoms with Gasteiger partial charge in [-0.2, -0.15) is 0 Å². The van der Waals surface area contributed by atoms with Gasteiger partial charge in [-0.3, -0.25) is 0 Å². The molecule has 0 aromatic rings. The van der Waals surface area contributed by atoms with E-state index in [1.54, 1.807) is 13.8 Å². The van der Waals surface area contributed by atoms with Crippen molar-refractivity contribution in [1.29, 1.82) is 0 Å². The molecular weight excluding hydrogens is 459 g/mol. The first kappa shape index (κ1) is 27.2. The molecule has 5 heteroatoms. The van der Waals surface area contributed by atoms with Gasteiger partial charge in [0.05, 0.1) is 0 Å². The molecule has 0 N–H and O–H groups in total. The molecule has 0 aromatic heterocycles. The van der Waals surface area contributed by atoms with Gasteiger partial charge < -0.3 is 0 Å². The number of carbonyl (C=O) groups is 2. The van der Waals surface area contributed by atoms with E-state index < -0.39 is 30.3 Å². The summed E-state index contributed by atoms with van der Waals surface area (Å²) in [6.07, 6.45) is 8.67. The molecule has 0 bridgehead atoms. The van der Waals surface area contributed by atoms with Crippen LogP contribution in [0.15, 0.2) is 23.8 Å². The third-order valence-corrected chi connectivity index (χ3v) is 20.7. The van der Waals surface area contributed by atoms with E-state index in [1.807, 2.05) is 0 Å². The average Bonchev–Trinajstić information content (AvgIpc) is 2.67. The molecule has 0 unspecified atom stereocenters. The van der Waals surface area contributed by atoms with Crippen molar-refractivity contribution in [3.8, 4) is 0 Å². The van der Waals surface area contributed by atoms with Crippen molar-refractivity contribution >= 4 is 30.3 Å². The Morgan fingerprint density at radius 1 is 0.821 bits per heavy atom. The van der Waals surface area contributed by atoms with E-state index in [2.05, 4.69) is 27.4 Å². The van der Waals surface area contributed by atoms with Crippen LogP contribution in [-0.4, -0.2) is 43.5 Å². The molecule has 0 amide bonds. The second kappa shape index (κ2) is 16.1. The summed E-state index contributed by atoms with van der Waals surface area (Å²) in [6, 6.07) is 0. The number of rotatable bonds is 16. The first-order valence-electron chi connectivity index (χ1n) is 11.1. The Morgan fingerprint density at radius 3 is 1.68 bits per heavy atom. The molecule has 0 rings (SSSR count). The molecule has 0 saturated heterocycles. The van der Waals surface area contributed by atoms with E-state index in [9.17, 15) is 9.59 Å². The molecule has 0 aliphatic carbocycles. The van der Waals surface area contributed by atoms with Crippen molar-refractivity contribution in [3.05, 3.63) is 23.8 Å². The standard InChI is InChI=1S/C11H15O4.3C4H9.Sn/c1-5-14-10(12)7-9(8(3)4)11(13)15-6-2;3*1-3-4-2;/h7H,3-6H2,1-2H3;3*1,3-4H2,2H3;/b9-7-;;;;. The Labute approximate surface area is 177 Å². The number of hydrogen-bond donors (Lipinski definition) is 0. The summed E-state index contributed by atoms with van der Waals surface area (Å²) in [5.41, 5.74) is 1.09. The molecule has 0 aromatic carbocycles. The van der Waals surface area contributed by atoms with Crippen LogP contribution in [0.1, 0.15) is 73.1 Å². The molecule has 0 saturated carbocycles. The molecule has 0 spiro atoms. The van der Waals surface area contributed by atoms with Crippen molar-refractivity contribution in [2.45, 2.75) is 90.9 Å². The van der Waals surface area contributed by atoms with E-state index in [-0.39, 0.29) is 13.2 Å². The fourth-order valence-corrected chi connectivity index (χ4v) is 19.9. The maximum atomic E-state index is 12.5. The van der Waals surface area contributed by atoms with Gasteiger partial charge in [-0.15, -0.1) is 0 Å². The first-order chi connectivity index (χ1) is 13.4. The molecule has 0 heterocycles.